The lowest BCUT2D eigenvalue weighted by Crippen LogP contribution is -2.39. The molecule has 1 fully saturated rings. The van der Waals surface area contributed by atoms with Crippen LogP contribution in [-0.4, -0.2) is 67.8 Å². The Morgan fingerprint density at radius 3 is 2.67 bits per heavy atom. The van der Waals surface area contributed by atoms with Crippen LogP contribution in [0.5, 0.6) is 0 Å². The third-order valence-electron chi connectivity index (χ3n) is 6.39. The molecule has 33 heavy (non-hydrogen) atoms. The predicted molar refractivity (Wildman–Crippen MR) is 131 cm³/mol. The van der Waals surface area contributed by atoms with E-state index in [4.69, 9.17) is 0 Å². The topological polar surface area (TPSA) is 103 Å². The number of nitrogens with one attached hydrogen (secondary N) is 2. The second-order valence-electron chi connectivity index (χ2n) is 9.17. The summed E-state index contributed by atoms with van der Waals surface area (Å²) in [6.07, 6.45) is 1.85. The number of sulfonamides is 1. The number of hydrogen-bond donors (Lipinski definition) is 2. The summed E-state index contributed by atoms with van der Waals surface area (Å²) in [6, 6.07) is 5.82. The van der Waals surface area contributed by atoms with Crippen LogP contribution in [0.15, 0.2) is 34.0 Å². The summed E-state index contributed by atoms with van der Waals surface area (Å²) in [5, 5.41) is 3.35. The van der Waals surface area contributed by atoms with Gasteiger partial charge in [-0.25, -0.2) is 8.42 Å². The molecule has 1 aliphatic rings. The summed E-state index contributed by atoms with van der Waals surface area (Å²) in [4.78, 5) is 30.3. The highest BCUT2D eigenvalue weighted by molar-refractivity contribution is 7.89. The summed E-state index contributed by atoms with van der Waals surface area (Å²) < 4.78 is 28.0. The van der Waals surface area contributed by atoms with Crippen LogP contribution in [0.2, 0.25) is 0 Å². The molecular weight excluding hydrogens is 440 g/mol. The first-order chi connectivity index (χ1) is 15.6. The number of carbonyl (C=O) groups is 1. The van der Waals surface area contributed by atoms with Crippen LogP contribution in [0.3, 0.4) is 0 Å². The molecule has 0 saturated carbocycles. The van der Waals surface area contributed by atoms with E-state index in [-0.39, 0.29) is 22.3 Å². The SMILES string of the molecule is CCN(CC)C[C@H](C)CNC(=O)c1cc(=O)[nH]c2ccc(S(=O)(=O)N3CCC[C@H](C)C3)cc12. The number of pyridine rings is 1. The number of piperidine rings is 1. The van der Waals surface area contributed by atoms with Crippen LogP contribution in [0.4, 0.5) is 0 Å². The molecule has 0 bridgehead atoms. The van der Waals surface area contributed by atoms with Gasteiger partial charge in [0.05, 0.1) is 10.5 Å². The van der Waals surface area contributed by atoms with Crippen molar-refractivity contribution in [2.45, 2.75) is 45.4 Å². The van der Waals surface area contributed by atoms with Crippen molar-refractivity contribution in [1.82, 2.24) is 19.5 Å². The molecule has 1 aliphatic heterocycles. The molecule has 182 valence electrons. The largest absolute Gasteiger partial charge is 0.352 e. The number of amides is 1. The highest BCUT2D eigenvalue weighted by Crippen LogP contribution is 2.26. The van der Waals surface area contributed by atoms with E-state index >= 15 is 0 Å². The van der Waals surface area contributed by atoms with Gasteiger partial charge in [0.15, 0.2) is 0 Å². The molecule has 2 heterocycles. The van der Waals surface area contributed by atoms with Crippen LogP contribution >= 0.6 is 0 Å². The number of benzene rings is 1. The van der Waals surface area contributed by atoms with Crippen LogP contribution in [0, 0.1) is 11.8 Å². The maximum absolute atomic E-state index is 13.2. The zero-order valence-corrected chi connectivity index (χ0v) is 20.9. The molecule has 1 aromatic heterocycles. The van der Waals surface area contributed by atoms with Crippen molar-refractivity contribution < 1.29 is 13.2 Å². The maximum Gasteiger partial charge on any atom is 0.252 e. The highest BCUT2D eigenvalue weighted by atomic mass is 32.2. The quantitative estimate of drug-likeness (QED) is 0.579. The van der Waals surface area contributed by atoms with E-state index in [1.807, 2.05) is 0 Å². The number of carbonyl (C=O) groups excluding carboxylic acids is 1. The Hall–Kier alpha value is -2.23. The van der Waals surface area contributed by atoms with Gasteiger partial charge in [0, 0.05) is 43.1 Å². The highest BCUT2D eigenvalue weighted by Gasteiger charge is 2.29. The summed E-state index contributed by atoms with van der Waals surface area (Å²) in [5.74, 6) is 0.169. The lowest BCUT2D eigenvalue weighted by Gasteiger charge is -2.30. The van der Waals surface area contributed by atoms with E-state index in [9.17, 15) is 18.0 Å². The summed E-state index contributed by atoms with van der Waals surface area (Å²) in [6.45, 7) is 12.5. The fourth-order valence-electron chi connectivity index (χ4n) is 4.44. The monoisotopic (exact) mass is 476 g/mol. The van der Waals surface area contributed by atoms with Crippen LogP contribution in [0.25, 0.3) is 10.9 Å². The Balaban J connectivity index is 1.87. The van der Waals surface area contributed by atoms with Crippen molar-refractivity contribution in [2.24, 2.45) is 11.8 Å². The maximum atomic E-state index is 13.2. The van der Waals surface area contributed by atoms with Gasteiger partial charge in [-0.2, -0.15) is 4.31 Å². The number of nitrogens with zero attached hydrogens (tertiary/aromatic N) is 2. The molecule has 0 radical (unpaired) electrons. The van der Waals surface area contributed by atoms with E-state index in [0.29, 0.717) is 36.5 Å². The molecule has 0 aliphatic carbocycles. The van der Waals surface area contributed by atoms with Crippen LogP contribution in [-0.2, 0) is 10.0 Å². The molecule has 1 saturated heterocycles. The van der Waals surface area contributed by atoms with E-state index in [0.717, 1.165) is 32.5 Å². The standard InChI is InChI=1S/C24H36N4O4S/c1-5-27(6-2)15-18(4)14-25-24(30)21-13-23(29)26-22-10-9-19(12-20(21)22)33(31,32)28-11-7-8-17(3)16-28/h9-10,12-13,17-18H,5-8,11,14-16H2,1-4H3,(H,25,30)(H,26,29)/t17-,18+/m0/s1. The summed E-state index contributed by atoms with van der Waals surface area (Å²) in [7, 11) is -3.68. The third-order valence-corrected chi connectivity index (χ3v) is 8.25. The van der Waals surface area contributed by atoms with Gasteiger partial charge in [0.1, 0.15) is 0 Å². The fraction of sp³-hybridized carbons (Fsp3) is 0.583. The average Bonchev–Trinajstić information content (AvgIpc) is 2.80. The van der Waals surface area contributed by atoms with Crippen molar-refractivity contribution in [3.05, 3.63) is 40.2 Å². The van der Waals surface area contributed by atoms with Crippen LogP contribution < -0.4 is 10.9 Å². The number of aromatic nitrogens is 1. The number of rotatable bonds is 9. The number of aromatic amines is 1. The molecule has 9 heteroatoms. The molecule has 2 N–H and O–H groups in total. The van der Waals surface area contributed by atoms with Gasteiger partial charge in [0.25, 0.3) is 5.91 Å². The molecule has 1 aromatic carbocycles. The minimum absolute atomic E-state index is 0.139. The van der Waals surface area contributed by atoms with E-state index in [2.05, 4.69) is 42.9 Å². The lowest BCUT2D eigenvalue weighted by molar-refractivity contribution is 0.0946. The molecule has 8 nitrogen and oxygen atoms in total. The van der Waals surface area contributed by atoms with E-state index in [1.165, 1.54) is 22.5 Å². The second kappa shape index (κ2) is 10.8. The Bertz CT molecular complexity index is 1140. The average molecular weight is 477 g/mol. The Labute approximate surface area is 196 Å². The second-order valence-corrected chi connectivity index (χ2v) is 11.1. The van der Waals surface area contributed by atoms with Gasteiger partial charge in [0.2, 0.25) is 15.6 Å². The first-order valence-electron chi connectivity index (χ1n) is 11.8. The molecular formula is C24H36N4O4S. The fourth-order valence-corrected chi connectivity index (χ4v) is 6.07. The van der Waals surface area contributed by atoms with E-state index < -0.39 is 15.6 Å². The first kappa shape index (κ1) is 25.4. The Kier molecular flexibility index (Phi) is 8.31. The molecule has 0 unspecified atom stereocenters. The smallest absolute Gasteiger partial charge is 0.252 e. The van der Waals surface area contributed by atoms with Gasteiger partial charge >= 0.3 is 0 Å². The van der Waals surface area contributed by atoms with Gasteiger partial charge in [-0.1, -0.05) is 27.7 Å². The Morgan fingerprint density at radius 1 is 1.27 bits per heavy atom. The van der Waals surface area contributed by atoms with Crippen molar-refractivity contribution >= 4 is 26.8 Å². The molecule has 3 rings (SSSR count). The Morgan fingerprint density at radius 2 is 2.00 bits per heavy atom. The molecule has 2 atom stereocenters. The molecule has 1 amide bonds. The van der Waals surface area contributed by atoms with Gasteiger partial charge in [-0.05, 0) is 56.0 Å². The van der Waals surface area contributed by atoms with Crippen molar-refractivity contribution in [3.8, 4) is 0 Å². The van der Waals surface area contributed by atoms with Crippen molar-refractivity contribution in [3.63, 3.8) is 0 Å². The van der Waals surface area contributed by atoms with Gasteiger partial charge in [-0.15, -0.1) is 0 Å². The van der Waals surface area contributed by atoms with Gasteiger partial charge in [-0.3, -0.25) is 9.59 Å². The number of H-pyrrole nitrogens is 1. The summed E-state index contributed by atoms with van der Waals surface area (Å²) >= 11 is 0. The van der Waals surface area contributed by atoms with E-state index in [1.54, 1.807) is 6.07 Å². The van der Waals surface area contributed by atoms with Gasteiger partial charge < -0.3 is 15.2 Å². The lowest BCUT2D eigenvalue weighted by atomic mass is 10.0. The zero-order valence-electron chi connectivity index (χ0n) is 20.1. The van der Waals surface area contributed by atoms with Crippen molar-refractivity contribution in [1.29, 1.82) is 0 Å². The molecule has 2 aromatic rings. The van der Waals surface area contributed by atoms with Crippen molar-refractivity contribution in [2.75, 3.05) is 39.3 Å². The summed E-state index contributed by atoms with van der Waals surface area (Å²) in [5.41, 5.74) is 0.229. The minimum atomic E-state index is -3.68. The normalized spacial score (nSPS) is 18.5. The van der Waals surface area contributed by atoms with Crippen LogP contribution in [0.1, 0.15) is 50.9 Å². The number of fused-ring (bicyclic) bond motifs is 1. The predicted octanol–water partition coefficient (Wildman–Crippen LogP) is 2.66. The zero-order chi connectivity index (χ0) is 24.2. The molecule has 0 spiro atoms. The first-order valence-corrected chi connectivity index (χ1v) is 13.3. The number of hydrogen-bond acceptors (Lipinski definition) is 5. The minimum Gasteiger partial charge on any atom is -0.352 e. The third kappa shape index (κ3) is 6.02.